The number of amides is 2. The number of halogens is 1. The van der Waals surface area contributed by atoms with E-state index in [-0.39, 0.29) is 23.5 Å². The van der Waals surface area contributed by atoms with Crippen LogP contribution in [0.15, 0.2) is 42.5 Å². The first-order chi connectivity index (χ1) is 17.9. The highest BCUT2D eigenvalue weighted by atomic mass is 19.1. The lowest BCUT2D eigenvalue weighted by atomic mass is 10.0. The minimum Gasteiger partial charge on any atom is -0.367 e. The highest BCUT2D eigenvalue weighted by molar-refractivity contribution is 5.92. The standard InChI is InChI=1S/C29H38FN5O2/c1-6-21(7-2)28(36)32-24-14-15-26(25(30)20-24)34-16-18-35(19-17-34)27(29(37)33(8-3)9-4)22-10-12-23(31-5)13-11-22/h10-15,20-21,27H,6-9,16-19H2,1-4H3,(H,32,36). The number of piperazine rings is 1. The van der Waals surface area contributed by atoms with E-state index in [4.69, 9.17) is 6.57 Å². The molecule has 1 N–H and O–H groups in total. The number of nitrogens with one attached hydrogen (secondary N) is 1. The van der Waals surface area contributed by atoms with Crippen LogP contribution in [0.4, 0.5) is 21.5 Å². The van der Waals surface area contributed by atoms with Gasteiger partial charge in [-0.05, 0) is 50.5 Å². The van der Waals surface area contributed by atoms with Gasteiger partial charge in [-0.1, -0.05) is 38.1 Å². The molecular formula is C29H38FN5O2. The Hall–Kier alpha value is -3.44. The van der Waals surface area contributed by atoms with Crippen LogP contribution in [0, 0.1) is 18.3 Å². The number of carbonyl (C=O) groups is 2. The van der Waals surface area contributed by atoms with Gasteiger partial charge in [0, 0.05) is 50.9 Å². The molecule has 0 spiro atoms. The molecular weight excluding hydrogens is 469 g/mol. The molecule has 2 aromatic carbocycles. The molecule has 1 heterocycles. The molecule has 1 fully saturated rings. The average Bonchev–Trinajstić information content (AvgIpc) is 2.91. The summed E-state index contributed by atoms with van der Waals surface area (Å²) in [6.45, 7) is 18.7. The molecule has 7 nitrogen and oxygen atoms in total. The van der Waals surface area contributed by atoms with Crippen molar-refractivity contribution in [1.29, 1.82) is 0 Å². The van der Waals surface area contributed by atoms with Gasteiger partial charge in [0.15, 0.2) is 5.69 Å². The second-order valence-electron chi connectivity index (χ2n) is 9.31. The van der Waals surface area contributed by atoms with Gasteiger partial charge >= 0.3 is 0 Å². The first kappa shape index (κ1) is 28.1. The second-order valence-corrected chi connectivity index (χ2v) is 9.31. The van der Waals surface area contributed by atoms with Gasteiger partial charge in [0.05, 0.1) is 12.3 Å². The predicted octanol–water partition coefficient (Wildman–Crippen LogP) is 5.48. The minimum absolute atomic E-state index is 0.0396. The summed E-state index contributed by atoms with van der Waals surface area (Å²) in [7, 11) is 0. The Morgan fingerprint density at radius 3 is 2.14 bits per heavy atom. The zero-order valence-corrected chi connectivity index (χ0v) is 22.3. The van der Waals surface area contributed by atoms with Crippen molar-refractivity contribution >= 4 is 28.9 Å². The van der Waals surface area contributed by atoms with Crippen LogP contribution in [-0.2, 0) is 9.59 Å². The monoisotopic (exact) mass is 507 g/mol. The van der Waals surface area contributed by atoms with E-state index in [0.29, 0.717) is 56.3 Å². The molecule has 1 unspecified atom stereocenters. The third kappa shape index (κ3) is 6.66. The maximum atomic E-state index is 15.1. The molecule has 1 atom stereocenters. The summed E-state index contributed by atoms with van der Waals surface area (Å²) in [4.78, 5) is 35.3. The van der Waals surface area contributed by atoms with E-state index < -0.39 is 6.04 Å². The first-order valence-electron chi connectivity index (χ1n) is 13.2. The van der Waals surface area contributed by atoms with E-state index in [1.54, 1.807) is 24.3 Å². The Morgan fingerprint density at radius 2 is 1.62 bits per heavy atom. The molecule has 8 heteroatoms. The summed E-state index contributed by atoms with van der Waals surface area (Å²) in [6.07, 6.45) is 1.49. The van der Waals surface area contributed by atoms with Crippen molar-refractivity contribution in [1.82, 2.24) is 9.80 Å². The number of carbonyl (C=O) groups excluding carboxylic acids is 2. The van der Waals surface area contributed by atoms with Crippen LogP contribution in [0.1, 0.15) is 52.1 Å². The van der Waals surface area contributed by atoms with Crippen molar-refractivity contribution in [2.45, 2.75) is 46.6 Å². The number of likely N-dealkylation sites (N-methyl/N-ethyl adjacent to an activating group) is 1. The van der Waals surface area contributed by atoms with Crippen molar-refractivity contribution in [2.75, 3.05) is 49.5 Å². The summed E-state index contributed by atoms with van der Waals surface area (Å²) in [5.74, 6) is -0.501. The SMILES string of the molecule is [C-]#[N+]c1ccc(C(C(=O)N(CC)CC)N2CCN(c3ccc(NC(=O)C(CC)CC)cc3F)CC2)cc1. The van der Waals surface area contributed by atoms with Crippen molar-refractivity contribution in [3.8, 4) is 0 Å². The zero-order valence-electron chi connectivity index (χ0n) is 22.3. The van der Waals surface area contributed by atoms with Gasteiger partial charge in [0.2, 0.25) is 11.8 Å². The van der Waals surface area contributed by atoms with Gasteiger partial charge < -0.3 is 15.1 Å². The van der Waals surface area contributed by atoms with E-state index in [9.17, 15) is 9.59 Å². The number of rotatable bonds is 10. The molecule has 0 radical (unpaired) electrons. The average molecular weight is 508 g/mol. The molecule has 2 aromatic rings. The first-order valence-corrected chi connectivity index (χ1v) is 13.2. The van der Waals surface area contributed by atoms with E-state index >= 15 is 4.39 Å². The molecule has 0 aliphatic carbocycles. The Morgan fingerprint density at radius 1 is 1.00 bits per heavy atom. The van der Waals surface area contributed by atoms with Crippen LogP contribution in [-0.4, -0.2) is 60.9 Å². The third-order valence-corrected chi connectivity index (χ3v) is 7.24. The lowest BCUT2D eigenvalue weighted by molar-refractivity contribution is -0.137. The van der Waals surface area contributed by atoms with Crippen LogP contribution in [0.5, 0.6) is 0 Å². The Kier molecular flexibility index (Phi) is 10.0. The molecule has 37 heavy (non-hydrogen) atoms. The van der Waals surface area contributed by atoms with Gasteiger partial charge in [-0.2, -0.15) is 0 Å². The van der Waals surface area contributed by atoms with Crippen LogP contribution < -0.4 is 10.2 Å². The Labute approximate surface area is 220 Å². The van der Waals surface area contributed by atoms with Crippen LogP contribution in [0.2, 0.25) is 0 Å². The smallest absolute Gasteiger partial charge is 0.244 e. The highest BCUT2D eigenvalue weighted by Gasteiger charge is 2.33. The Balaban J connectivity index is 1.74. The molecule has 2 amide bonds. The predicted molar refractivity (Wildman–Crippen MR) is 146 cm³/mol. The van der Waals surface area contributed by atoms with Crippen molar-refractivity contribution in [3.63, 3.8) is 0 Å². The van der Waals surface area contributed by atoms with Gasteiger partial charge in [-0.15, -0.1) is 0 Å². The normalized spacial score (nSPS) is 14.8. The molecule has 0 aromatic heterocycles. The molecule has 1 saturated heterocycles. The zero-order chi connectivity index (χ0) is 26.9. The van der Waals surface area contributed by atoms with Gasteiger partial charge in [0.1, 0.15) is 11.9 Å². The van der Waals surface area contributed by atoms with Gasteiger partial charge in [0.25, 0.3) is 0 Å². The lowest BCUT2D eigenvalue weighted by Crippen LogP contribution is -2.51. The van der Waals surface area contributed by atoms with E-state index in [1.165, 1.54) is 6.07 Å². The van der Waals surface area contributed by atoms with Crippen molar-refractivity contribution in [3.05, 3.63) is 65.3 Å². The Bertz CT molecular complexity index is 1100. The molecule has 0 saturated carbocycles. The highest BCUT2D eigenvalue weighted by Crippen LogP contribution is 2.30. The molecule has 198 valence electrons. The largest absolute Gasteiger partial charge is 0.367 e. The molecule has 1 aliphatic rings. The van der Waals surface area contributed by atoms with Crippen molar-refractivity contribution in [2.24, 2.45) is 5.92 Å². The minimum atomic E-state index is -0.450. The van der Waals surface area contributed by atoms with Crippen molar-refractivity contribution < 1.29 is 14.0 Å². The maximum absolute atomic E-state index is 15.1. The number of anilines is 2. The topological polar surface area (TPSA) is 60.3 Å². The summed E-state index contributed by atoms with van der Waals surface area (Å²) < 4.78 is 15.1. The van der Waals surface area contributed by atoms with Crippen LogP contribution in [0.25, 0.3) is 4.85 Å². The van der Waals surface area contributed by atoms with E-state index in [0.717, 1.165) is 18.4 Å². The number of benzene rings is 2. The molecule has 1 aliphatic heterocycles. The second kappa shape index (κ2) is 13.2. The van der Waals surface area contributed by atoms with E-state index in [1.807, 2.05) is 49.6 Å². The number of hydrogen-bond acceptors (Lipinski definition) is 4. The van der Waals surface area contributed by atoms with E-state index in [2.05, 4.69) is 15.1 Å². The van der Waals surface area contributed by atoms with Crippen LogP contribution in [0.3, 0.4) is 0 Å². The molecule has 3 rings (SSSR count). The third-order valence-electron chi connectivity index (χ3n) is 7.24. The fraction of sp³-hybridized carbons (Fsp3) is 0.483. The molecule has 0 bridgehead atoms. The summed E-state index contributed by atoms with van der Waals surface area (Å²) in [6, 6.07) is 11.6. The summed E-state index contributed by atoms with van der Waals surface area (Å²) in [5.41, 5.74) is 2.36. The van der Waals surface area contributed by atoms with Gasteiger partial charge in [-0.3, -0.25) is 14.5 Å². The number of nitrogens with zero attached hydrogens (tertiary/aromatic N) is 4. The fourth-order valence-electron chi connectivity index (χ4n) is 4.91. The number of hydrogen-bond donors (Lipinski definition) is 1. The summed E-state index contributed by atoms with van der Waals surface area (Å²) in [5, 5.41) is 2.83. The maximum Gasteiger partial charge on any atom is 0.244 e. The van der Waals surface area contributed by atoms with Crippen LogP contribution >= 0.6 is 0 Å². The summed E-state index contributed by atoms with van der Waals surface area (Å²) >= 11 is 0. The quantitative estimate of drug-likeness (QED) is 0.433. The lowest BCUT2D eigenvalue weighted by Gasteiger charge is -2.41. The van der Waals surface area contributed by atoms with Gasteiger partial charge in [-0.25, -0.2) is 9.24 Å². The fourth-order valence-corrected chi connectivity index (χ4v) is 4.91.